The van der Waals surface area contributed by atoms with Crippen molar-refractivity contribution in [2.45, 2.75) is 6.18 Å². The summed E-state index contributed by atoms with van der Waals surface area (Å²) in [4.78, 5) is 6.34. The smallest absolute Gasteiger partial charge is 0.378 e. The number of nitrogens with zero attached hydrogens (tertiary/aromatic N) is 3. The molecule has 26 heavy (non-hydrogen) atoms. The normalized spacial score (nSPS) is 15.8. The minimum Gasteiger partial charge on any atom is -0.378 e. The number of aromatic nitrogens is 1. The molecule has 1 aromatic heterocycles. The third kappa shape index (κ3) is 3.53. The molecule has 1 saturated heterocycles. The second-order valence-electron chi connectivity index (χ2n) is 5.72. The molecule has 1 aliphatic rings. The van der Waals surface area contributed by atoms with Gasteiger partial charge in [-0.05, 0) is 23.8 Å². The number of nitrogens with one attached hydrogen (secondary N) is 1. The van der Waals surface area contributed by atoms with Crippen LogP contribution in [-0.4, -0.2) is 43.2 Å². The first-order chi connectivity index (χ1) is 12.4. The monoisotopic (exact) mass is 360 g/mol. The lowest BCUT2D eigenvalue weighted by atomic mass is 9.98. The van der Waals surface area contributed by atoms with Gasteiger partial charge in [0, 0.05) is 42.0 Å². The fourth-order valence-electron chi connectivity index (χ4n) is 2.90. The number of fused-ring (bicyclic) bond motifs is 1. The second-order valence-corrected chi connectivity index (χ2v) is 5.72. The number of hydrogen-bond donors (Lipinski definition) is 1. The molecule has 2 aromatic rings. The lowest BCUT2D eigenvalue weighted by Gasteiger charge is -2.29. The van der Waals surface area contributed by atoms with Crippen molar-refractivity contribution >= 4 is 27.9 Å². The summed E-state index contributed by atoms with van der Waals surface area (Å²) in [6.45, 7) is 2.48. The predicted molar refractivity (Wildman–Crippen MR) is 92.1 cm³/mol. The fraction of sp³-hybridized carbons (Fsp3) is 0.278. The first-order valence-electron chi connectivity index (χ1n) is 7.89. The lowest BCUT2D eigenvalue weighted by Crippen LogP contribution is -2.36. The van der Waals surface area contributed by atoms with E-state index in [0.29, 0.717) is 37.2 Å². The summed E-state index contributed by atoms with van der Waals surface area (Å²) >= 11 is 0. The number of rotatable bonds is 3. The van der Waals surface area contributed by atoms with Crippen LogP contribution in [0.15, 0.2) is 36.5 Å². The van der Waals surface area contributed by atoms with Gasteiger partial charge in [-0.15, -0.1) is 0 Å². The first kappa shape index (κ1) is 17.9. The fourth-order valence-corrected chi connectivity index (χ4v) is 2.90. The number of ether oxygens (including phenoxy) is 1. The molecule has 0 spiro atoms. The van der Waals surface area contributed by atoms with Crippen LogP contribution in [0.4, 0.5) is 18.9 Å². The minimum absolute atomic E-state index is 0.156. The summed E-state index contributed by atoms with van der Waals surface area (Å²) < 4.78 is 44.3. The number of alkyl halides is 3. The van der Waals surface area contributed by atoms with E-state index in [4.69, 9.17) is 15.4 Å². The van der Waals surface area contributed by atoms with Gasteiger partial charge >= 0.3 is 6.18 Å². The Balaban J connectivity index is 2.11. The average Bonchev–Trinajstić information content (AvgIpc) is 2.64. The number of allylic oxidation sites excluding steroid dienone is 2. The first-order valence-corrected chi connectivity index (χ1v) is 7.89. The number of morpholine rings is 1. The van der Waals surface area contributed by atoms with Gasteiger partial charge in [-0.1, -0.05) is 6.07 Å². The maximum Gasteiger partial charge on any atom is 0.433 e. The van der Waals surface area contributed by atoms with E-state index in [2.05, 4.69) is 9.88 Å². The molecule has 134 valence electrons. The van der Waals surface area contributed by atoms with Crippen molar-refractivity contribution in [2.75, 3.05) is 31.2 Å². The molecule has 0 atom stereocenters. The van der Waals surface area contributed by atoms with E-state index in [0.717, 1.165) is 11.8 Å². The van der Waals surface area contributed by atoms with E-state index >= 15 is 0 Å². The highest BCUT2D eigenvalue weighted by molar-refractivity contribution is 6.25. The van der Waals surface area contributed by atoms with Crippen molar-refractivity contribution in [3.05, 3.63) is 42.1 Å². The maximum absolute atomic E-state index is 13.0. The molecule has 1 aliphatic heterocycles. The zero-order chi connectivity index (χ0) is 18.7. The molecule has 8 heteroatoms. The number of nitriles is 1. The average molecular weight is 360 g/mol. The van der Waals surface area contributed by atoms with Gasteiger partial charge in [-0.3, -0.25) is 10.4 Å². The SMILES string of the molecule is N#C/C=C(\C(=N)C(F)(F)F)c1ccc2nccc(N3CCOCC3)c2c1. The standard InChI is InChI=1S/C18H15F3N4O/c19-18(20,21)17(23)13(3-5-22)12-1-2-15-14(11-12)16(4-6-24-15)25-7-9-26-10-8-25/h1-4,6,11,23H,7-10H2/b13-3-,23-17?. The van der Waals surface area contributed by atoms with Crippen molar-refractivity contribution in [1.82, 2.24) is 4.98 Å². The quantitative estimate of drug-likeness (QED) is 0.671. The third-order valence-electron chi connectivity index (χ3n) is 4.14. The van der Waals surface area contributed by atoms with Crippen molar-refractivity contribution in [3.8, 4) is 6.07 Å². The molecule has 0 amide bonds. The van der Waals surface area contributed by atoms with Gasteiger partial charge in [0.05, 0.1) is 24.8 Å². The van der Waals surface area contributed by atoms with Gasteiger partial charge < -0.3 is 9.64 Å². The van der Waals surface area contributed by atoms with Crippen LogP contribution in [0.3, 0.4) is 0 Å². The minimum atomic E-state index is -4.83. The van der Waals surface area contributed by atoms with Crippen LogP contribution in [0.2, 0.25) is 0 Å². The molecule has 0 bridgehead atoms. The Labute approximate surface area is 147 Å². The Morgan fingerprint density at radius 3 is 2.65 bits per heavy atom. The Morgan fingerprint density at radius 1 is 1.27 bits per heavy atom. The third-order valence-corrected chi connectivity index (χ3v) is 4.14. The molecule has 1 fully saturated rings. The Hall–Kier alpha value is -2.92. The summed E-state index contributed by atoms with van der Waals surface area (Å²) in [5.41, 5.74) is -0.375. The van der Waals surface area contributed by atoms with Crippen LogP contribution >= 0.6 is 0 Å². The van der Waals surface area contributed by atoms with Crippen molar-refractivity contribution in [3.63, 3.8) is 0 Å². The number of halogens is 3. The van der Waals surface area contributed by atoms with Gasteiger partial charge in [0.25, 0.3) is 0 Å². The van der Waals surface area contributed by atoms with Gasteiger partial charge in [0.2, 0.25) is 0 Å². The summed E-state index contributed by atoms with van der Waals surface area (Å²) in [7, 11) is 0. The summed E-state index contributed by atoms with van der Waals surface area (Å²) in [6, 6.07) is 8.00. The number of pyridine rings is 1. The van der Waals surface area contributed by atoms with Crippen LogP contribution < -0.4 is 4.90 Å². The molecular weight excluding hydrogens is 345 g/mol. The Morgan fingerprint density at radius 2 is 2.00 bits per heavy atom. The zero-order valence-electron chi connectivity index (χ0n) is 13.7. The maximum atomic E-state index is 13.0. The topological polar surface area (TPSA) is 73.0 Å². The van der Waals surface area contributed by atoms with E-state index in [1.807, 2.05) is 0 Å². The molecular formula is C18H15F3N4O. The van der Waals surface area contributed by atoms with Gasteiger partial charge in [0.1, 0.15) is 5.71 Å². The lowest BCUT2D eigenvalue weighted by molar-refractivity contribution is -0.0578. The molecule has 0 aliphatic carbocycles. The number of benzene rings is 1. The van der Waals surface area contributed by atoms with E-state index < -0.39 is 17.5 Å². The van der Waals surface area contributed by atoms with E-state index in [1.165, 1.54) is 6.07 Å². The summed E-state index contributed by atoms with van der Waals surface area (Å²) in [5, 5.41) is 16.9. The Kier molecular flexibility index (Phi) is 4.91. The molecule has 0 radical (unpaired) electrons. The largest absolute Gasteiger partial charge is 0.433 e. The molecule has 0 unspecified atom stereocenters. The van der Waals surface area contributed by atoms with Crippen LogP contribution in [0.1, 0.15) is 5.56 Å². The van der Waals surface area contributed by atoms with Crippen molar-refractivity contribution in [2.24, 2.45) is 0 Å². The van der Waals surface area contributed by atoms with Crippen molar-refractivity contribution < 1.29 is 17.9 Å². The highest BCUT2D eigenvalue weighted by atomic mass is 19.4. The summed E-state index contributed by atoms with van der Waals surface area (Å²) in [5.74, 6) is 0. The van der Waals surface area contributed by atoms with Crippen molar-refractivity contribution in [1.29, 1.82) is 10.7 Å². The molecule has 0 saturated carbocycles. The number of anilines is 1. The molecule has 3 rings (SSSR count). The van der Waals surface area contributed by atoms with Crippen LogP contribution in [0, 0.1) is 16.7 Å². The predicted octanol–water partition coefficient (Wildman–Crippen LogP) is 3.56. The zero-order valence-corrected chi connectivity index (χ0v) is 13.7. The van der Waals surface area contributed by atoms with Crippen LogP contribution in [0.25, 0.3) is 16.5 Å². The molecule has 1 N–H and O–H groups in total. The highest BCUT2D eigenvalue weighted by Gasteiger charge is 2.37. The van der Waals surface area contributed by atoms with Crippen LogP contribution in [-0.2, 0) is 4.74 Å². The van der Waals surface area contributed by atoms with Gasteiger partial charge in [-0.2, -0.15) is 18.4 Å². The molecule has 2 heterocycles. The van der Waals surface area contributed by atoms with Gasteiger partial charge in [0.15, 0.2) is 0 Å². The van der Waals surface area contributed by atoms with Crippen LogP contribution in [0.5, 0.6) is 0 Å². The number of hydrogen-bond acceptors (Lipinski definition) is 5. The van der Waals surface area contributed by atoms with E-state index in [9.17, 15) is 13.2 Å². The van der Waals surface area contributed by atoms with Gasteiger partial charge in [-0.25, -0.2) is 0 Å². The van der Waals surface area contributed by atoms with E-state index in [1.54, 1.807) is 30.5 Å². The van der Waals surface area contributed by atoms with E-state index in [-0.39, 0.29) is 5.56 Å². The highest BCUT2D eigenvalue weighted by Crippen LogP contribution is 2.32. The molecule has 5 nitrogen and oxygen atoms in total. The second kappa shape index (κ2) is 7.14. The molecule has 1 aromatic carbocycles. The summed E-state index contributed by atoms with van der Waals surface area (Å²) in [6.07, 6.45) is -2.43. The Bertz CT molecular complexity index is 909.